The highest BCUT2D eigenvalue weighted by Crippen LogP contribution is 2.30. The highest BCUT2D eigenvalue weighted by atomic mass is 79.9. The third kappa shape index (κ3) is 3.83. The molecule has 5 rings (SSSR count). The Morgan fingerprint density at radius 2 is 1.86 bits per heavy atom. The summed E-state index contributed by atoms with van der Waals surface area (Å²) in [6.45, 7) is 0. The lowest BCUT2D eigenvalue weighted by Crippen LogP contribution is -2.37. The van der Waals surface area contributed by atoms with Gasteiger partial charge in [-0.3, -0.25) is 4.99 Å². The van der Waals surface area contributed by atoms with E-state index in [0.29, 0.717) is 12.1 Å². The molecule has 2 unspecified atom stereocenters. The van der Waals surface area contributed by atoms with Crippen LogP contribution in [-0.2, 0) is 12.8 Å². The summed E-state index contributed by atoms with van der Waals surface area (Å²) >= 11 is 10.4. The zero-order valence-corrected chi connectivity index (χ0v) is 18.6. The molecule has 0 amide bonds. The topological polar surface area (TPSA) is 24.4 Å². The van der Waals surface area contributed by atoms with Gasteiger partial charge >= 0.3 is 0 Å². The van der Waals surface area contributed by atoms with E-state index in [2.05, 4.69) is 63.7 Å². The number of fused-ring (bicyclic) bond motifs is 2. The minimum atomic E-state index is 0.430. The van der Waals surface area contributed by atoms with E-state index in [4.69, 9.17) is 16.6 Å². The summed E-state index contributed by atoms with van der Waals surface area (Å²) in [5.74, 6) is 1.04. The number of aliphatic imine (C=N–C) groups is 1. The van der Waals surface area contributed by atoms with Crippen molar-refractivity contribution < 1.29 is 0 Å². The lowest BCUT2D eigenvalue weighted by molar-refractivity contribution is 0.385. The van der Waals surface area contributed by atoms with Crippen molar-refractivity contribution in [2.45, 2.75) is 50.6 Å². The van der Waals surface area contributed by atoms with E-state index in [1.54, 1.807) is 0 Å². The molecule has 0 spiro atoms. The third-order valence-corrected chi connectivity index (χ3v) is 7.09. The number of nitrogens with zero attached hydrogens (tertiary/aromatic N) is 1. The number of halogens is 2. The molecule has 0 aromatic heterocycles. The Labute approximate surface area is 185 Å². The molecule has 2 nitrogen and oxygen atoms in total. The maximum Gasteiger partial charge on any atom is 0.129 e. The molecule has 0 bridgehead atoms. The number of benzene rings is 3. The van der Waals surface area contributed by atoms with E-state index in [1.165, 1.54) is 53.1 Å². The maximum atomic E-state index is 6.68. The fourth-order valence-electron chi connectivity index (χ4n) is 4.81. The number of amidine groups is 1. The van der Waals surface area contributed by atoms with Crippen LogP contribution in [0, 0.1) is 0 Å². The van der Waals surface area contributed by atoms with Crippen molar-refractivity contribution >= 4 is 44.1 Å². The molecule has 3 aromatic carbocycles. The van der Waals surface area contributed by atoms with E-state index in [0.717, 1.165) is 28.2 Å². The van der Waals surface area contributed by atoms with Gasteiger partial charge in [-0.2, -0.15) is 0 Å². The second-order valence-corrected chi connectivity index (χ2v) is 9.46. The molecule has 1 saturated carbocycles. The molecule has 148 valence electrons. The van der Waals surface area contributed by atoms with Gasteiger partial charge in [-0.05, 0) is 65.8 Å². The summed E-state index contributed by atoms with van der Waals surface area (Å²) in [7, 11) is 0. The Kier molecular flexibility index (Phi) is 5.36. The van der Waals surface area contributed by atoms with E-state index in [-0.39, 0.29) is 0 Å². The number of aryl methyl sites for hydroxylation is 1. The monoisotopic (exact) mass is 466 g/mol. The molecule has 0 radical (unpaired) electrons. The predicted octanol–water partition coefficient (Wildman–Crippen LogP) is 6.70. The van der Waals surface area contributed by atoms with E-state index in [9.17, 15) is 0 Å². The SMILES string of the molecule is Clc1cccc(C2=NC3CCCCC3N2)c1CCc1cc(Br)cc2ccccc12. The molecule has 0 saturated heterocycles. The van der Waals surface area contributed by atoms with Crippen LogP contribution in [-0.4, -0.2) is 17.9 Å². The predicted molar refractivity (Wildman–Crippen MR) is 126 cm³/mol. The third-order valence-electron chi connectivity index (χ3n) is 6.28. The molecule has 1 heterocycles. The summed E-state index contributed by atoms with van der Waals surface area (Å²) in [5, 5.41) is 7.11. The van der Waals surface area contributed by atoms with Crippen LogP contribution in [0.25, 0.3) is 10.8 Å². The van der Waals surface area contributed by atoms with Gasteiger partial charge in [-0.25, -0.2) is 0 Å². The van der Waals surface area contributed by atoms with Crippen molar-refractivity contribution in [2.75, 3.05) is 0 Å². The fraction of sp³-hybridized carbons (Fsp3) is 0.320. The molecule has 1 fully saturated rings. The second-order valence-electron chi connectivity index (χ2n) is 8.13. The number of nitrogens with one attached hydrogen (secondary N) is 1. The second kappa shape index (κ2) is 8.12. The number of rotatable bonds is 4. The largest absolute Gasteiger partial charge is 0.365 e. The van der Waals surface area contributed by atoms with Crippen LogP contribution in [0.4, 0.5) is 0 Å². The highest BCUT2D eigenvalue weighted by molar-refractivity contribution is 9.10. The first-order chi connectivity index (χ1) is 14.2. The van der Waals surface area contributed by atoms with Crippen molar-refractivity contribution in [3.05, 3.63) is 80.8 Å². The number of hydrogen-bond acceptors (Lipinski definition) is 2. The van der Waals surface area contributed by atoms with Gasteiger partial charge in [-0.15, -0.1) is 0 Å². The standard InChI is InChI=1S/C25H24BrClN2/c26-18-14-16-6-1-2-7-19(16)17(15-18)12-13-20-21(8-5-9-22(20)27)25-28-23-10-3-4-11-24(23)29-25/h1-2,5-9,14-15,23-24H,3-4,10-13H2,(H,28,29). The van der Waals surface area contributed by atoms with Crippen molar-refractivity contribution in [2.24, 2.45) is 4.99 Å². The molecular formula is C25H24BrClN2. The highest BCUT2D eigenvalue weighted by Gasteiger charge is 2.32. The Morgan fingerprint density at radius 3 is 2.76 bits per heavy atom. The quantitative estimate of drug-likeness (QED) is 0.453. The van der Waals surface area contributed by atoms with Gasteiger partial charge in [0.05, 0.1) is 6.04 Å². The molecule has 29 heavy (non-hydrogen) atoms. The average Bonchev–Trinajstić information content (AvgIpc) is 3.16. The van der Waals surface area contributed by atoms with E-state index < -0.39 is 0 Å². The van der Waals surface area contributed by atoms with Crippen molar-refractivity contribution in [1.29, 1.82) is 0 Å². The molecule has 3 aromatic rings. The Balaban J connectivity index is 1.46. The molecular weight excluding hydrogens is 444 g/mol. The summed E-state index contributed by atoms with van der Waals surface area (Å²) in [5.41, 5.74) is 3.71. The van der Waals surface area contributed by atoms with Crippen LogP contribution in [0.1, 0.15) is 42.4 Å². The minimum absolute atomic E-state index is 0.430. The van der Waals surface area contributed by atoms with Crippen LogP contribution in [0.3, 0.4) is 0 Å². The lowest BCUT2D eigenvalue weighted by Gasteiger charge is -2.23. The van der Waals surface area contributed by atoms with Crippen LogP contribution in [0.15, 0.2) is 64.1 Å². The Bertz CT molecular complexity index is 1090. The van der Waals surface area contributed by atoms with Gasteiger partial charge in [-0.1, -0.05) is 76.8 Å². The molecule has 1 aliphatic carbocycles. The van der Waals surface area contributed by atoms with Gasteiger partial charge in [0.15, 0.2) is 0 Å². The summed E-state index contributed by atoms with van der Waals surface area (Å²) in [6, 6.07) is 20.1. The zero-order valence-electron chi connectivity index (χ0n) is 16.3. The first-order valence-electron chi connectivity index (χ1n) is 10.5. The normalized spacial score (nSPS) is 21.0. The lowest BCUT2D eigenvalue weighted by atomic mass is 9.92. The van der Waals surface area contributed by atoms with Crippen LogP contribution >= 0.6 is 27.5 Å². The first kappa shape index (κ1) is 19.1. The van der Waals surface area contributed by atoms with Gasteiger partial charge in [0.2, 0.25) is 0 Å². The maximum absolute atomic E-state index is 6.68. The number of hydrogen-bond donors (Lipinski definition) is 1. The summed E-state index contributed by atoms with van der Waals surface area (Å²) in [4.78, 5) is 5.04. The fourth-order valence-corrected chi connectivity index (χ4v) is 5.60. The van der Waals surface area contributed by atoms with Crippen LogP contribution < -0.4 is 5.32 Å². The summed E-state index contributed by atoms with van der Waals surface area (Å²) in [6.07, 6.45) is 6.84. The van der Waals surface area contributed by atoms with Crippen molar-refractivity contribution in [3.8, 4) is 0 Å². The van der Waals surface area contributed by atoms with Gasteiger partial charge in [0.25, 0.3) is 0 Å². The van der Waals surface area contributed by atoms with Gasteiger partial charge in [0.1, 0.15) is 5.84 Å². The average molecular weight is 468 g/mol. The minimum Gasteiger partial charge on any atom is -0.365 e. The Hall–Kier alpha value is -1.84. The molecule has 4 heteroatoms. The van der Waals surface area contributed by atoms with Crippen molar-refractivity contribution in [1.82, 2.24) is 5.32 Å². The summed E-state index contributed by atoms with van der Waals surface area (Å²) < 4.78 is 1.12. The zero-order chi connectivity index (χ0) is 19.8. The Morgan fingerprint density at radius 1 is 1.00 bits per heavy atom. The molecule has 1 N–H and O–H groups in total. The van der Waals surface area contributed by atoms with Crippen LogP contribution in [0.5, 0.6) is 0 Å². The van der Waals surface area contributed by atoms with E-state index >= 15 is 0 Å². The molecule has 2 atom stereocenters. The van der Waals surface area contributed by atoms with Crippen LogP contribution in [0.2, 0.25) is 5.02 Å². The van der Waals surface area contributed by atoms with E-state index in [1.807, 2.05) is 12.1 Å². The molecule has 1 aliphatic heterocycles. The first-order valence-corrected chi connectivity index (χ1v) is 11.7. The van der Waals surface area contributed by atoms with Gasteiger partial charge in [0, 0.05) is 21.1 Å². The van der Waals surface area contributed by atoms with Gasteiger partial charge < -0.3 is 5.32 Å². The van der Waals surface area contributed by atoms with Crippen molar-refractivity contribution in [3.63, 3.8) is 0 Å². The smallest absolute Gasteiger partial charge is 0.129 e. The molecule has 2 aliphatic rings.